The lowest BCUT2D eigenvalue weighted by Gasteiger charge is -2.27. The first-order valence-corrected chi connectivity index (χ1v) is 10.9. The van der Waals surface area contributed by atoms with Crippen molar-refractivity contribution in [3.8, 4) is 0 Å². The van der Waals surface area contributed by atoms with Gasteiger partial charge in [0, 0.05) is 26.1 Å². The quantitative estimate of drug-likeness (QED) is 0.590. The summed E-state index contributed by atoms with van der Waals surface area (Å²) < 4.78 is 0. The van der Waals surface area contributed by atoms with Gasteiger partial charge in [-0.05, 0) is 37.6 Å². The molecule has 3 rings (SSSR count). The first kappa shape index (κ1) is 19.7. The van der Waals surface area contributed by atoms with Gasteiger partial charge in [0.2, 0.25) is 11.8 Å². The number of carbonyl (C=O) groups is 2. The fourth-order valence-electron chi connectivity index (χ4n) is 5.13. The fourth-order valence-corrected chi connectivity index (χ4v) is 5.13. The number of hydrogen-bond donors (Lipinski definition) is 3. The molecule has 26 heavy (non-hydrogen) atoms. The monoisotopic (exact) mass is 363 g/mol. The second-order valence-corrected chi connectivity index (χ2v) is 8.87. The second-order valence-electron chi connectivity index (χ2n) is 8.87. The van der Waals surface area contributed by atoms with Gasteiger partial charge in [-0.15, -0.1) is 0 Å². The first-order valence-electron chi connectivity index (χ1n) is 10.9. The fraction of sp³-hybridized carbons (Fsp3) is 0.905. The van der Waals surface area contributed by atoms with Crippen LogP contribution in [0.25, 0.3) is 0 Å². The molecule has 5 heteroatoms. The lowest BCUT2D eigenvalue weighted by Crippen LogP contribution is -2.46. The minimum Gasteiger partial charge on any atom is -0.356 e. The van der Waals surface area contributed by atoms with Crippen LogP contribution in [0, 0.1) is 17.3 Å². The van der Waals surface area contributed by atoms with Crippen LogP contribution < -0.4 is 16.0 Å². The molecule has 3 N–H and O–H groups in total. The van der Waals surface area contributed by atoms with E-state index in [1.54, 1.807) is 0 Å². The summed E-state index contributed by atoms with van der Waals surface area (Å²) in [5, 5.41) is 9.50. The summed E-state index contributed by atoms with van der Waals surface area (Å²) >= 11 is 0. The van der Waals surface area contributed by atoms with E-state index in [4.69, 9.17) is 0 Å². The molecule has 3 fully saturated rings. The van der Waals surface area contributed by atoms with Crippen molar-refractivity contribution >= 4 is 11.8 Å². The van der Waals surface area contributed by atoms with Gasteiger partial charge in [-0.2, -0.15) is 0 Å². The van der Waals surface area contributed by atoms with Gasteiger partial charge in [-0.25, -0.2) is 0 Å². The smallest absolute Gasteiger partial charge is 0.228 e. The Morgan fingerprint density at radius 3 is 2.00 bits per heavy atom. The van der Waals surface area contributed by atoms with Gasteiger partial charge in [0.05, 0.1) is 5.41 Å². The van der Waals surface area contributed by atoms with Crippen molar-refractivity contribution in [1.29, 1.82) is 0 Å². The molecule has 0 aromatic rings. The van der Waals surface area contributed by atoms with Crippen molar-refractivity contribution in [3.63, 3.8) is 0 Å². The van der Waals surface area contributed by atoms with E-state index < -0.39 is 5.41 Å². The lowest BCUT2D eigenvalue weighted by atomic mass is 9.82. The molecule has 148 valence electrons. The average molecular weight is 364 g/mol. The molecule has 1 heterocycles. The summed E-state index contributed by atoms with van der Waals surface area (Å²) in [5.41, 5.74) is -0.548. The second kappa shape index (κ2) is 9.72. The Labute approximate surface area is 158 Å². The Balaban J connectivity index is 1.40. The van der Waals surface area contributed by atoms with Crippen molar-refractivity contribution in [2.24, 2.45) is 17.3 Å². The number of carbonyl (C=O) groups excluding carboxylic acids is 2. The van der Waals surface area contributed by atoms with Gasteiger partial charge < -0.3 is 16.0 Å². The number of nitrogens with one attached hydrogen (secondary N) is 3. The maximum Gasteiger partial charge on any atom is 0.228 e. The van der Waals surface area contributed by atoms with Crippen LogP contribution in [-0.2, 0) is 9.59 Å². The highest BCUT2D eigenvalue weighted by atomic mass is 16.2. The van der Waals surface area contributed by atoms with Crippen molar-refractivity contribution in [3.05, 3.63) is 0 Å². The van der Waals surface area contributed by atoms with E-state index in [1.807, 2.05) is 0 Å². The highest BCUT2D eigenvalue weighted by molar-refractivity contribution is 5.89. The normalized spacial score (nSPS) is 27.1. The Morgan fingerprint density at radius 2 is 1.46 bits per heavy atom. The zero-order valence-electron chi connectivity index (χ0n) is 16.3. The van der Waals surface area contributed by atoms with Crippen LogP contribution in [0.2, 0.25) is 0 Å². The van der Waals surface area contributed by atoms with Crippen molar-refractivity contribution in [1.82, 2.24) is 16.0 Å². The third-order valence-electron chi connectivity index (χ3n) is 6.89. The molecular formula is C21H37N3O2. The zero-order valence-corrected chi connectivity index (χ0v) is 16.3. The third-order valence-corrected chi connectivity index (χ3v) is 6.89. The van der Waals surface area contributed by atoms with Gasteiger partial charge in [0.25, 0.3) is 0 Å². The highest BCUT2D eigenvalue weighted by Gasteiger charge is 2.42. The molecule has 2 aliphatic carbocycles. The molecule has 0 radical (unpaired) electrons. The molecule has 1 atom stereocenters. The zero-order chi connectivity index (χ0) is 18.2. The van der Waals surface area contributed by atoms with Crippen LogP contribution in [0.1, 0.15) is 77.0 Å². The highest BCUT2D eigenvalue weighted by Crippen LogP contribution is 2.31. The molecule has 1 aliphatic heterocycles. The van der Waals surface area contributed by atoms with Crippen molar-refractivity contribution < 1.29 is 9.59 Å². The van der Waals surface area contributed by atoms with E-state index in [-0.39, 0.29) is 11.8 Å². The number of hydrogen-bond acceptors (Lipinski definition) is 3. The molecule has 0 bridgehead atoms. The third kappa shape index (κ3) is 5.45. The van der Waals surface area contributed by atoms with Crippen LogP contribution in [0.4, 0.5) is 0 Å². The Bertz CT molecular complexity index is 462. The van der Waals surface area contributed by atoms with Gasteiger partial charge in [-0.1, -0.05) is 51.4 Å². The molecule has 2 saturated carbocycles. The lowest BCUT2D eigenvalue weighted by molar-refractivity contribution is -0.135. The average Bonchev–Trinajstić information content (AvgIpc) is 3.38. The predicted molar refractivity (Wildman–Crippen MR) is 104 cm³/mol. The molecule has 5 nitrogen and oxygen atoms in total. The van der Waals surface area contributed by atoms with Crippen molar-refractivity contribution in [2.45, 2.75) is 77.0 Å². The Kier molecular flexibility index (Phi) is 7.35. The van der Waals surface area contributed by atoms with Crippen LogP contribution in [0.15, 0.2) is 0 Å². The van der Waals surface area contributed by atoms with Gasteiger partial charge in [0.15, 0.2) is 0 Å². The first-order chi connectivity index (χ1) is 12.7. The maximum atomic E-state index is 12.8. The number of amides is 2. The van der Waals surface area contributed by atoms with Crippen LogP contribution in [-0.4, -0.2) is 38.0 Å². The molecule has 1 saturated heterocycles. The standard InChI is InChI=1S/C21H37N3O2/c25-19(23-12-9-17-5-1-2-6-17)15-21(11-14-22-16-21)20(26)24-13-10-18-7-3-4-8-18/h17-18,22H,1-16H2,(H,23,25)(H,24,26). The maximum absolute atomic E-state index is 12.8. The van der Waals surface area contributed by atoms with E-state index >= 15 is 0 Å². The van der Waals surface area contributed by atoms with Gasteiger partial charge in [-0.3, -0.25) is 9.59 Å². The van der Waals surface area contributed by atoms with Crippen LogP contribution in [0.5, 0.6) is 0 Å². The summed E-state index contributed by atoms with van der Waals surface area (Å²) in [5.74, 6) is 1.69. The molecule has 0 spiro atoms. The number of rotatable bonds is 9. The molecule has 0 aromatic carbocycles. The van der Waals surface area contributed by atoms with Crippen LogP contribution in [0.3, 0.4) is 0 Å². The topological polar surface area (TPSA) is 70.2 Å². The largest absolute Gasteiger partial charge is 0.356 e. The summed E-state index contributed by atoms with van der Waals surface area (Å²) in [6, 6.07) is 0. The predicted octanol–water partition coefficient (Wildman–Crippen LogP) is 2.75. The van der Waals surface area contributed by atoms with E-state index in [0.717, 1.165) is 50.7 Å². The molecule has 3 aliphatic rings. The molecular weight excluding hydrogens is 326 g/mol. The van der Waals surface area contributed by atoms with E-state index in [0.29, 0.717) is 13.0 Å². The summed E-state index contributed by atoms with van der Waals surface area (Å²) in [7, 11) is 0. The van der Waals surface area contributed by atoms with Gasteiger partial charge in [0.1, 0.15) is 0 Å². The van der Waals surface area contributed by atoms with E-state index in [1.165, 1.54) is 51.4 Å². The Hall–Kier alpha value is -1.10. The Morgan fingerprint density at radius 1 is 0.885 bits per heavy atom. The van der Waals surface area contributed by atoms with Crippen LogP contribution >= 0.6 is 0 Å². The molecule has 2 amide bonds. The molecule has 1 unspecified atom stereocenters. The summed E-state index contributed by atoms with van der Waals surface area (Å²) in [6.45, 7) is 2.97. The van der Waals surface area contributed by atoms with Gasteiger partial charge >= 0.3 is 0 Å². The summed E-state index contributed by atoms with van der Waals surface area (Å²) in [4.78, 5) is 25.3. The van der Waals surface area contributed by atoms with E-state index in [2.05, 4.69) is 16.0 Å². The SMILES string of the molecule is O=C(CC1(C(=O)NCCC2CCCC2)CCNC1)NCCC1CCCC1. The summed E-state index contributed by atoms with van der Waals surface area (Å²) in [6.07, 6.45) is 13.9. The molecule has 0 aromatic heterocycles. The minimum atomic E-state index is -0.548. The van der Waals surface area contributed by atoms with Crippen molar-refractivity contribution in [2.75, 3.05) is 26.2 Å². The minimum absolute atomic E-state index is 0.0395. The van der Waals surface area contributed by atoms with E-state index in [9.17, 15) is 9.59 Å².